The lowest BCUT2D eigenvalue weighted by Gasteiger charge is -2.18. The summed E-state index contributed by atoms with van der Waals surface area (Å²) in [6, 6.07) is 13.3. The Kier molecular flexibility index (Phi) is 4.33. The van der Waals surface area contributed by atoms with Gasteiger partial charge in [-0.25, -0.2) is 4.39 Å². The van der Waals surface area contributed by atoms with E-state index >= 15 is 0 Å². The van der Waals surface area contributed by atoms with Gasteiger partial charge in [0.25, 0.3) is 0 Å². The molecule has 1 aliphatic rings. The Morgan fingerprint density at radius 2 is 2.09 bits per heavy atom. The van der Waals surface area contributed by atoms with Gasteiger partial charge in [-0.2, -0.15) is 0 Å². The van der Waals surface area contributed by atoms with E-state index in [-0.39, 0.29) is 35.4 Å². The third kappa shape index (κ3) is 3.36. The van der Waals surface area contributed by atoms with Crippen LogP contribution in [0.25, 0.3) is 0 Å². The van der Waals surface area contributed by atoms with Crippen LogP contribution in [0.5, 0.6) is 5.75 Å². The smallest absolute Gasteiger partial charge is 0.224 e. The van der Waals surface area contributed by atoms with Crippen molar-refractivity contribution < 1.29 is 14.3 Å². The third-order valence-electron chi connectivity index (χ3n) is 4.44. The average molecular weight is 313 g/mol. The summed E-state index contributed by atoms with van der Waals surface area (Å²) in [6.07, 6.45) is 1.44. The first-order valence-electron chi connectivity index (χ1n) is 7.94. The van der Waals surface area contributed by atoms with Gasteiger partial charge in [0.1, 0.15) is 11.6 Å². The van der Waals surface area contributed by atoms with Gasteiger partial charge in [0, 0.05) is 11.5 Å². The fourth-order valence-corrected chi connectivity index (χ4v) is 3.05. The number of aromatic hydroxyl groups is 1. The molecule has 0 saturated heterocycles. The van der Waals surface area contributed by atoms with Gasteiger partial charge in [-0.3, -0.25) is 4.79 Å². The van der Waals surface area contributed by atoms with Gasteiger partial charge in [0.15, 0.2) is 0 Å². The normalized spacial score (nSPS) is 20.8. The van der Waals surface area contributed by atoms with Crippen molar-refractivity contribution in [2.75, 3.05) is 0 Å². The van der Waals surface area contributed by atoms with E-state index in [1.807, 2.05) is 25.1 Å². The molecule has 3 unspecified atom stereocenters. The molecular weight excluding hydrogens is 293 g/mol. The summed E-state index contributed by atoms with van der Waals surface area (Å²) < 4.78 is 13.3. The lowest BCUT2D eigenvalue weighted by molar-refractivity contribution is -0.123. The largest absolute Gasteiger partial charge is 0.508 e. The Labute approximate surface area is 135 Å². The van der Waals surface area contributed by atoms with E-state index in [0.29, 0.717) is 6.42 Å². The highest BCUT2D eigenvalue weighted by Crippen LogP contribution is 2.48. The Morgan fingerprint density at radius 1 is 1.30 bits per heavy atom. The van der Waals surface area contributed by atoms with Crippen LogP contribution in [0.3, 0.4) is 0 Å². The number of halogens is 1. The molecule has 2 N–H and O–H groups in total. The number of carbonyl (C=O) groups excluding carboxylic acids is 1. The predicted octanol–water partition coefficient (Wildman–Crippen LogP) is 3.90. The molecule has 3 atom stereocenters. The van der Waals surface area contributed by atoms with Crippen molar-refractivity contribution in [1.82, 2.24) is 5.32 Å². The molecule has 2 aromatic carbocycles. The minimum absolute atomic E-state index is 0.0330. The molecule has 0 bridgehead atoms. The molecule has 23 heavy (non-hydrogen) atoms. The summed E-state index contributed by atoms with van der Waals surface area (Å²) in [6.45, 7) is 1.97. The zero-order valence-electron chi connectivity index (χ0n) is 13.0. The fourth-order valence-electron chi connectivity index (χ4n) is 3.05. The van der Waals surface area contributed by atoms with Crippen molar-refractivity contribution in [1.29, 1.82) is 0 Å². The van der Waals surface area contributed by atoms with Crippen molar-refractivity contribution in [3.63, 3.8) is 0 Å². The average Bonchev–Trinajstić information content (AvgIpc) is 3.34. The van der Waals surface area contributed by atoms with Crippen LogP contribution < -0.4 is 5.32 Å². The van der Waals surface area contributed by atoms with E-state index in [4.69, 9.17) is 0 Å². The highest BCUT2D eigenvalue weighted by atomic mass is 19.1. The van der Waals surface area contributed by atoms with Gasteiger partial charge in [0.05, 0.1) is 6.04 Å². The number of rotatable bonds is 5. The van der Waals surface area contributed by atoms with Gasteiger partial charge in [-0.1, -0.05) is 37.3 Å². The van der Waals surface area contributed by atoms with Crippen molar-refractivity contribution in [2.24, 2.45) is 5.92 Å². The van der Waals surface area contributed by atoms with E-state index in [1.54, 1.807) is 18.2 Å². The minimum Gasteiger partial charge on any atom is -0.508 e. The van der Waals surface area contributed by atoms with E-state index in [0.717, 1.165) is 17.5 Å². The number of amides is 1. The molecule has 2 aromatic rings. The second-order valence-corrected chi connectivity index (χ2v) is 6.03. The van der Waals surface area contributed by atoms with Gasteiger partial charge >= 0.3 is 0 Å². The minimum atomic E-state index is -0.269. The quantitative estimate of drug-likeness (QED) is 0.879. The summed E-state index contributed by atoms with van der Waals surface area (Å²) >= 11 is 0. The summed E-state index contributed by atoms with van der Waals surface area (Å²) in [5.74, 6) is -0.134. The SMILES string of the molecule is CCC(NC(=O)C1CC1c1cccc(F)c1)c1ccccc1O. The Hall–Kier alpha value is -2.36. The maximum absolute atomic E-state index is 13.3. The van der Waals surface area contributed by atoms with Crippen molar-refractivity contribution in [3.8, 4) is 5.75 Å². The van der Waals surface area contributed by atoms with Crippen LogP contribution in [-0.2, 0) is 4.79 Å². The number of hydrogen-bond acceptors (Lipinski definition) is 2. The van der Waals surface area contributed by atoms with Crippen molar-refractivity contribution in [3.05, 3.63) is 65.5 Å². The number of carbonyl (C=O) groups is 1. The summed E-state index contributed by atoms with van der Waals surface area (Å²) in [4.78, 5) is 12.4. The molecule has 0 aromatic heterocycles. The van der Waals surface area contributed by atoms with Crippen LogP contribution in [0.15, 0.2) is 48.5 Å². The number of benzene rings is 2. The van der Waals surface area contributed by atoms with Gasteiger partial charge in [-0.15, -0.1) is 0 Å². The van der Waals surface area contributed by atoms with E-state index in [1.165, 1.54) is 12.1 Å². The molecule has 1 fully saturated rings. The van der Waals surface area contributed by atoms with Crippen molar-refractivity contribution in [2.45, 2.75) is 31.7 Å². The predicted molar refractivity (Wildman–Crippen MR) is 86.5 cm³/mol. The molecule has 1 aliphatic carbocycles. The Balaban J connectivity index is 1.67. The molecule has 1 saturated carbocycles. The van der Waals surface area contributed by atoms with E-state index in [2.05, 4.69) is 5.32 Å². The first-order valence-corrected chi connectivity index (χ1v) is 7.94. The van der Waals surface area contributed by atoms with Crippen LogP contribution in [0.1, 0.15) is 42.9 Å². The van der Waals surface area contributed by atoms with Crippen LogP contribution in [0, 0.1) is 11.7 Å². The summed E-state index contributed by atoms with van der Waals surface area (Å²) in [7, 11) is 0. The number of para-hydroxylation sites is 1. The highest BCUT2D eigenvalue weighted by Gasteiger charge is 2.44. The molecule has 0 aliphatic heterocycles. The topological polar surface area (TPSA) is 49.3 Å². The molecule has 1 amide bonds. The van der Waals surface area contributed by atoms with Crippen LogP contribution in [0.4, 0.5) is 4.39 Å². The monoisotopic (exact) mass is 313 g/mol. The number of phenols is 1. The molecule has 3 rings (SSSR count). The van der Waals surface area contributed by atoms with Crippen LogP contribution >= 0.6 is 0 Å². The molecule has 0 spiro atoms. The van der Waals surface area contributed by atoms with Gasteiger partial charge < -0.3 is 10.4 Å². The zero-order chi connectivity index (χ0) is 16.4. The zero-order valence-corrected chi connectivity index (χ0v) is 13.0. The molecule has 3 nitrogen and oxygen atoms in total. The first-order chi connectivity index (χ1) is 11.1. The van der Waals surface area contributed by atoms with Gasteiger partial charge in [0.2, 0.25) is 5.91 Å². The molecular formula is C19H20FNO2. The number of hydrogen-bond donors (Lipinski definition) is 2. The summed E-state index contributed by atoms with van der Waals surface area (Å²) in [5, 5.41) is 13.0. The third-order valence-corrected chi connectivity index (χ3v) is 4.44. The molecule has 120 valence electrons. The Morgan fingerprint density at radius 3 is 2.78 bits per heavy atom. The maximum atomic E-state index is 13.3. The molecule has 0 heterocycles. The van der Waals surface area contributed by atoms with Crippen molar-refractivity contribution >= 4 is 5.91 Å². The van der Waals surface area contributed by atoms with E-state index < -0.39 is 0 Å². The van der Waals surface area contributed by atoms with Crippen LogP contribution in [0.2, 0.25) is 0 Å². The maximum Gasteiger partial charge on any atom is 0.224 e. The second kappa shape index (κ2) is 6.41. The lowest BCUT2D eigenvalue weighted by atomic mass is 10.0. The second-order valence-electron chi connectivity index (χ2n) is 6.03. The standard InChI is InChI=1S/C19H20FNO2/c1-2-17(14-8-3-4-9-18(14)22)21-19(23)16-11-15(16)12-6-5-7-13(20)10-12/h3-10,15-17,22H,2,11H2,1H3,(H,21,23). The highest BCUT2D eigenvalue weighted by molar-refractivity contribution is 5.83. The number of nitrogens with one attached hydrogen (secondary N) is 1. The lowest BCUT2D eigenvalue weighted by Crippen LogP contribution is -2.29. The van der Waals surface area contributed by atoms with E-state index in [9.17, 15) is 14.3 Å². The Bertz CT molecular complexity index is 716. The molecule has 0 radical (unpaired) electrons. The van der Waals surface area contributed by atoms with Gasteiger partial charge in [-0.05, 0) is 42.5 Å². The first kappa shape index (κ1) is 15.5. The summed E-state index contributed by atoms with van der Waals surface area (Å²) in [5.41, 5.74) is 1.60. The van der Waals surface area contributed by atoms with Crippen LogP contribution in [-0.4, -0.2) is 11.0 Å². The fraction of sp³-hybridized carbons (Fsp3) is 0.316. The number of phenolic OH excluding ortho intramolecular Hbond substituents is 1. The molecule has 4 heteroatoms.